The van der Waals surface area contributed by atoms with Crippen LogP contribution in [0, 0.1) is 0 Å². The van der Waals surface area contributed by atoms with E-state index in [2.05, 4.69) is 0 Å². The Balaban J connectivity index is 2.60. The first kappa shape index (κ1) is 14.2. The van der Waals surface area contributed by atoms with Gasteiger partial charge in [-0.15, -0.1) is 0 Å². The van der Waals surface area contributed by atoms with Crippen LogP contribution in [0.2, 0.25) is 0 Å². The normalized spacial score (nSPS) is 11.7. The molecule has 0 aliphatic carbocycles. The van der Waals surface area contributed by atoms with Crippen molar-refractivity contribution >= 4 is 11.9 Å². The molecule has 1 aromatic carbocycles. The lowest BCUT2D eigenvalue weighted by molar-refractivity contribution is -0.153. The van der Waals surface area contributed by atoms with E-state index in [1.54, 1.807) is 6.92 Å². The Morgan fingerprint density at radius 3 is 2.44 bits per heavy atom. The van der Waals surface area contributed by atoms with Gasteiger partial charge in [-0.25, -0.2) is 0 Å². The smallest absolute Gasteiger partial charge is 0.309 e. The summed E-state index contributed by atoms with van der Waals surface area (Å²) in [6.45, 7) is 3.41. The third-order valence-corrected chi connectivity index (χ3v) is 2.34. The Hall–Kier alpha value is -1.84. The summed E-state index contributed by atoms with van der Waals surface area (Å²) < 4.78 is 9.99. The number of carbonyl (C=O) groups is 2. The lowest BCUT2D eigenvalue weighted by atomic mass is 10.1. The molecule has 0 saturated carbocycles. The summed E-state index contributed by atoms with van der Waals surface area (Å²) in [6, 6.07) is 9.59. The average Bonchev–Trinajstić information content (AvgIpc) is 2.29. The fourth-order valence-electron chi connectivity index (χ4n) is 1.67. The molecule has 1 aromatic rings. The number of hydrogen-bond acceptors (Lipinski definition) is 4. The molecule has 98 valence electrons. The van der Waals surface area contributed by atoms with Crippen LogP contribution in [-0.4, -0.2) is 24.6 Å². The molecular weight excluding hydrogens is 232 g/mol. The summed E-state index contributed by atoms with van der Waals surface area (Å²) in [4.78, 5) is 22.4. The third kappa shape index (κ3) is 5.48. The second-order valence-corrected chi connectivity index (χ2v) is 3.93. The minimum Gasteiger partial charge on any atom is -0.466 e. The first-order valence-electron chi connectivity index (χ1n) is 5.98. The van der Waals surface area contributed by atoms with E-state index in [-0.39, 0.29) is 18.4 Å². The van der Waals surface area contributed by atoms with Crippen LogP contribution in [0.1, 0.15) is 25.8 Å². The van der Waals surface area contributed by atoms with Gasteiger partial charge in [-0.2, -0.15) is 0 Å². The van der Waals surface area contributed by atoms with Crippen LogP contribution in [-0.2, 0) is 25.5 Å². The van der Waals surface area contributed by atoms with Crippen molar-refractivity contribution in [3.8, 4) is 0 Å². The fourth-order valence-corrected chi connectivity index (χ4v) is 1.67. The van der Waals surface area contributed by atoms with Crippen molar-refractivity contribution in [2.75, 3.05) is 6.61 Å². The Bertz CT molecular complexity index is 386. The number of ether oxygens (including phenoxy) is 2. The van der Waals surface area contributed by atoms with Gasteiger partial charge in [0, 0.05) is 13.3 Å². The highest BCUT2D eigenvalue weighted by molar-refractivity contribution is 5.71. The van der Waals surface area contributed by atoms with Crippen LogP contribution in [0.5, 0.6) is 0 Å². The molecule has 0 saturated heterocycles. The van der Waals surface area contributed by atoms with Crippen LogP contribution in [0.4, 0.5) is 0 Å². The van der Waals surface area contributed by atoms with Crippen LogP contribution in [0.3, 0.4) is 0 Å². The van der Waals surface area contributed by atoms with Gasteiger partial charge in [0.15, 0.2) is 0 Å². The maximum atomic E-state index is 11.4. The van der Waals surface area contributed by atoms with Crippen molar-refractivity contribution in [3.63, 3.8) is 0 Å². The molecule has 1 atom stereocenters. The van der Waals surface area contributed by atoms with Gasteiger partial charge in [-0.1, -0.05) is 30.3 Å². The van der Waals surface area contributed by atoms with Gasteiger partial charge >= 0.3 is 11.9 Å². The predicted molar refractivity (Wildman–Crippen MR) is 67.0 cm³/mol. The van der Waals surface area contributed by atoms with Gasteiger partial charge in [0.1, 0.15) is 6.10 Å². The van der Waals surface area contributed by atoms with E-state index in [9.17, 15) is 9.59 Å². The predicted octanol–water partition coefficient (Wildman–Crippen LogP) is 2.11. The maximum Gasteiger partial charge on any atom is 0.309 e. The van der Waals surface area contributed by atoms with E-state index in [1.165, 1.54) is 6.92 Å². The van der Waals surface area contributed by atoms with Crippen molar-refractivity contribution in [2.24, 2.45) is 0 Å². The molecule has 1 rings (SSSR count). The van der Waals surface area contributed by atoms with Crippen molar-refractivity contribution in [3.05, 3.63) is 35.9 Å². The van der Waals surface area contributed by atoms with Crippen molar-refractivity contribution < 1.29 is 19.1 Å². The Morgan fingerprint density at radius 2 is 1.89 bits per heavy atom. The van der Waals surface area contributed by atoms with Gasteiger partial charge in [0.2, 0.25) is 0 Å². The zero-order valence-corrected chi connectivity index (χ0v) is 10.7. The van der Waals surface area contributed by atoms with Crippen molar-refractivity contribution in [1.82, 2.24) is 0 Å². The second kappa shape index (κ2) is 7.48. The summed E-state index contributed by atoms with van der Waals surface area (Å²) in [5.74, 6) is -0.736. The summed E-state index contributed by atoms with van der Waals surface area (Å²) in [7, 11) is 0. The zero-order chi connectivity index (χ0) is 13.4. The second-order valence-electron chi connectivity index (χ2n) is 3.93. The lowest BCUT2D eigenvalue weighted by Gasteiger charge is -2.16. The summed E-state index contributed by atoms with van der Waals surface area (Å²) >= 11 is 0. The number of hydrogen-bond donors (Lipinski definition) is 0. The van der Waals surface area contributed by atoms with Crippen LogP contribution in [0.25, 0.3) is 0 Å². The minimum atomic E-state index is -0.469. The molecule has 0 unspecified atom stereocenters. The highest BCUT2D eigenvalue weighted by Crippen LogP contribution is 2.10. The molecule has 0 spiro atoms. The zero-order valence-electron chi connectivity index (χ0n) is 10.7. The molecule has 0 amide bonds. The first-order chi connectivity index (χ1) is 8.61. The van der Waals surface area contributed by atoms with Crippen molar-refractivity contribution in [2.45, 2.75) is 32.8 Å². The molecule has 0 N–H and O–H groups in total. The highest BCUT2D eigenvalue weighted by Gasteiger charge is 2.18. The topological polar surface area (TPSA) is 52.6 Å². The number of esters is 2. The van der Waals surface area contributed by atoms with Crippen molar-refractivity contribution in [1.29, 1.82) is 0 Å². The maximum absolute atomic E-state index is 11.4. The lowest BCUT2D eigenvalue weighted by Crippen LogP contribution is -2.23. The van der Waals surface area contributed by atoms with Crippen LogP contribution < -0.4 is 0 Å². The molecule has 0 heterocycles. The first-order valence-corrected chi connectivity index (χ1v) is 5.98. The van der Waals surface area contributed by atoms with E-state index in [4.69, 9.17) is 9.47 Å². The summed E-state index contributed by atoms with van der Waals surface area (Å²) in [5.41, 5.74) is 1.02. The monoisotopic (exact) mass is 250 g/mol. The fraction of sp³-hybridized carbons (Fsp3) is 0.429. The summed E-state index contributed by atoms with van der Waals surface area (Å²) in [5, 5.41) is 0. The molecule has 4 nitrogen and oxygen atoms in total. The van der Waals surface area contributed by atoms with Crippen LogP contribution >= 0.6 is 0 Å². The molecular formula is C14H18O4. The van der Waals surface area contributed by atoms with Gasteiger partial charge in [0.25, 0.3) is 0 Å². The molecule has 0 bridgehead atoms. The molecule has 0 radical (unpaired) electrons. The Morgan fingerprint density at radius 1 is 1.22 bits per heavy atom. The van der Waals surface area contributed by atoms with Gasteiger partial charge < -0.3 is 9.47 Å². The van der Waals surface area contributed by atoms with Crippen LogP contribution in [0.15, 0.2) is 30.3 Å². The standard InChI is InChI=1S/C14H18O4/c1-3-17-14(16)10-13(18-11(2)15)9-12-7-5-4-6-8-12/h4-8,13H,3,9-10H2,1-2H3/t13-/m0/s1. The number of carbonyl (C=O) groups excluding carboxylic acids is 2. The van der Waals surface area contributed by atoms with Gasteiger partial charge in [0.05, 0.1) is 13.0 Å². The third-order valence-electron chi connectivity index (χ3n) is 2.34. The van der Waals surface area contributed by atoms with E-state index >= 15 is 0 Å². The Labute approximate surface area is 107 Å². The average molecular weight is 250 g/mol. The molecule has 0 aromatic heterocycles. The molecule has 4 heteroatoms. The number of rotatable bonds is 6. The Kier molecular flexibility index (Phi) is 5.91. The molecule has 18 heavy (non-hydrogen) atoms. The summed E-state index contributed by atoms with van der Waals surface area (Å²) in [6.07, 6.45) is 0.130. The quantitative estimate of drug-likeness (QED) is 0.726. The number of benzene rings is 1. The highest BCUT2D eigenvalue weighted by atomic mass is 16.6. The van der Waals surface area contributed by atoms with E-state index in [0.29, 0.717) is 13.0 Å². The minimum absolute atomic E-state index is 0.0856. The van der Waals surface area contributed by atoms with E-state index in [1.807, 2.05) is 30.3 Å². The van der Waals surface area contributed by atoms with E-state index in [0.717, 1.165) is 5.56 Å². The molecule has 0 aliphatic rings. The molecule has 0 fully saturated rings. The van der Waals surface area contributed by atoms with Gasteiger partial charge in [-0.3, -0.25) is 9.59 Å². The SMILES string of the molecule is CCOC(=O)C[C@H](Cc1ccccc1)OC(C)=O. The van der Waals surface area contributed by atoms with E-state index < -0.39 is 6.10 Å². The largest absolute Gasteiger partial charge is 0.466 e. The molecule has 0 aliphatic heterocycles. The van der Waals surface area contributed by atoms with Gasteiger partial charge in [-0.05, 0) is 12.5 Å².